The molecule has 0 radical (unpaired) electrons. The second kappa shape index (κ2) is 7.26. The van der Waals surface area contributed by atoms with Crippen LogP contribution in [0.2, 0.25) is 0 Å². The Morgan fingerprint density at radius 2 is 2.00 bits per heavy atom. The number of nitrogens with zero attached hydrogens (tertiary/aromatic N) is 4. The molecule has 2 amide bonds. The number of anilines is 1. The molecule has 3 heterocycles. The smallest absolute Gasteiger partial charge is 0.292 e. The molecule has 26 heavy (non-hydrogen) atoms. The molecule has 0 atom stereocenters. The van der Waals surface area contributed by atoms with Crippen LogP contribution in [0.25, 0.3) is 0 Å². The van der Waals surface area contributed by atoms with E-state index < -0.39 is 5.91 Å². The Morgan fingerprint density at radius 1 is 1.19 bits per heavy atom. The number of hydrogen-bond donors (Lipinski definition) is 2. The number of amides is 2. The maximum atomic E-state index is 12.3. The fourth-order valence-corrected chi connectivity index (χ4v) is 2.55. The molecule has 9 heteroatoms. The third-order valence-corrected chi connectivity index (χ3v) is 3.81. The fraction of sp³-hybridized carbons (Fsp3) is 0.294. The molecule has 0 aliphatic carbocycles. The standard InChI is InChI=1S/C17H20N6O3/c1-11-9-12(2)23(20-11)7-6-18-16(24)13-10-15(22(3)21-13)19-17(25)14-5-4-8-26-14/h4-5,8-10H,6-7H2,1-3H3,(H,18,24)(H,19,25). The van der Waals surface area contributed by atoms with Gasteiger partial charge in [0, 0.05) is 25.4 Å². The monoisotopic (exact) mass is 356 g/mol. The third-order valence-electron chi connectivity index (χ3n) is 3.81. The van der Waals surface area contributed by atoms with Crippen molar-refractivity contribution in [3.8, 4) is 0 Å². The Kier molecular flexibility index (Phi) is 4.87. The summed E-state index contributed by atoms with van der Waals surface area (Å²) in [6.07, 6.45) is 1.42. The Balaban J connectivity index is 1.58. The van der Waals surface area contributed by atoms with Gasteiger partial charge in [-0.3, -0.25) is 19.0 Å². The number of furan rings is 1. The van der Waals surface area contributed by atoms with E-state index >= 15 is 0 Å². The molecule has 0 saturated carbocycles. The van der Waals surface area contributed by atoms with E-state index in [0.29, 0.717) is 18.9 Å². The fourth-order valence-electron chi connectivity index (χ4n) is 2.55. The highest BCUT2D eigenvalue weighted by Gasteiger charge is 2.16. The second-order valence-corrected chi connectivity index (χ2v) is 5.88. The van der Waals surface area contributed by atoms with Crippen molar-refractivity contribution in [1.82, 2.24) is 24.9 Å². The summed E-state index contributed by atoms with van der Waals surface area (Å²) >= 11 is 0. The number of aryl methyl sites for hydroxylation is 3. The minimum Gasteiger partial charge on any atom is -0.459 e. The van der Waals surface area contributed by atoms with Gasteiger partial charge in [0.2, 0.25) is 0 Å². The van der Waals surface area contributed by atoms with Crippen LogP contribution in [0.3, 0.4) is 0 Å². The van der Waals surface area contributed by atoms with Gasteiger partial charge in [-0.1, -0.05) is 0 Å². The highest BCUT2D eigenvalue weighted by atomic mass is 16.3. The number of rotatable bonds is 6. The third kappa shape index (κ3) is 3.82. The van der Waals surface area contributed by atoms with Gasteiger partial charge in [0.1, 0.15) is 5.82 Å². The van der Waals surface area contributed by atoms with Crippen molar-refractivity contribution in [1.29, 1.82) is 0 Å². The van der Waals surface area contributed by atoms with E-state index in [0.717, 1.165) is 11.4 Å². The first-order chi connectivity index (χ1) is 12.4. The van der Waals surface area contributed by atoms with Crippen molar-refractivity contribution in [2.45, 2.75) is 20.4 Å². The molecule has 3 aromatic heterocycles. The normalized spacial score (nSPS) is 10.7. The maximum absolute atomic E-state index is 12.3. The average molecular weight is 356 g/mol. The summed E-state index contributed by atoms with van der Waals surface area (Å²) in [6.45, 7) is 4.88. The van der Waals surface area contributed by atoms with Gasteiger partial charge in [0.25, 0.3) is 11.8 Å². The Labute approximate surface area is 150 Å². The summed E-state index contributed by atoms with van der Waals surface area (Å²) < 4.78 is 8.30. The molecule has 3 aromatic rings. The number of carbonyl (C=O) groups is 2. The predicted molar refractivity (Wildman–Crippen MR) is 93.9 cm³/mol. The zero-order valence-corrected chi connectivity index (χ0v) is 14.8. The van der Waals surface area contributed by atoms with Crippen molar-refractivity contribution < 1.29 is 14.0 Å². The van der Waals surface area contributed by atoms with E-state index in [4.69, 9.17) is 4.42 Å². The Morgan fingerprint density at radius 3 is 2.65 bits per heavy atom. The molecular weight excluding hydrogens is 336 g/mol. The summed E-state index contributed by atoms with van der Waals surface area (Å²) in [7, 11) is 1.64. The van der Waals surface area contributed by atoms with Crippen LogP contribution in [0, 0.1) is 13.8 Å². The van der Waals surface area contributed by atoms with Crippen LogP contribution in [0.5, 0.6) is 0 Å². The second-order valence-electron chi connectivity index (χ2n) is 5.88. The van der Waals surface area contributed by atoms with E-state index in [1.165, 1.54) is 17.0 Å². The lowest BCUT2D eigenvalue weighted by atomic mass is 10.3. The SMILES string of the molecule is Cc1cc(C)n(CCNC(=O)c2cc(NC(=O)c3ccco3)n(C)n2)n1. The molecule has 0 aliphatic heterocycles. The number of hydrogen-bond acceptors (Lipinski definition) is 5. The van der Waals surface area contributed by atoms with Crippen LogP contribution in [0.15, 0.2) is 34.9 Å². The molecule has 0 saturated heterocycles. The van der Waals surface area contributed by atoms with Crippen LogP contribution >= 0.6 is 0 Å². The van der Waals surface area contributed by atoms with Gasteiger partial charge in [0.15, 0.2) is 11.5 Å². The number of nitrogens with one attached hydrogen (secondary N) is 2. The zero-order valence-electron chi connectivity index (χ0n) is 14.8. The largest absolute Gasteiger partial charge is 0.459 e. The molecule has 0 unspecified atom stereocenters. The van der Waals surface area contributed by atoms with Gasteiger partial charge >= 0.3 is 0 Å². The van der Waals surface area contributed by atoms with Crippen LogP contribution in [-0.4, -0.2) is 37.9 Å². The van der Waals surface area contributed by atoms with Crippen LogP contribution < -0.4 is 10.6 Å². The van der Waals surface area contributed by atoms with Gasteiger partial charge in [-0.05, 0) is 32.0 Å². The summed E-state index contributed by atoms with van der Waals surface area (Å²) in [6, 6.07) is 6.67. The molecule has 2 N–H and O–H groups in total. The van der Waals surface area contributed by atoms with Crippen molar-refractivity contribution in [2.24, 2.45) is 7.05 Å². The van der Waals surface area contributed by atoms with E-state index in [2.05, 4.69) is 20.8 Å². The van der Waals surface area contributed by atoms with E-state index in [1.807, 2.05) is 24.6 Å². The van der Waals surface area contributed by atoms with Crippen LogP contribution in [0.1, 0.15) is 32.4 Å². The predicted octanol–water partition coefficient (Wildman–Crippen LogP) is 1.51. The van der Waals surface area contributed by atoms with Crippen LogP contribution in [-0.2, 0) is 13.6 Å². The molecule has 0 fully saturated rings. The van der Waals surface area contributed by atoms with Gasteiger partial charge in [0.05, 0.1) is 18.5 Å². The molecule has 136 valence electrons. The molecule has 0 aliphatic rings. The van der Waals surface area contributed by atoms with Gasteiger partial charge in [-0.15, -0.1) is 0 Å². The number of aromatic nitrogens is 4. The lowest BCUT2D eigenvalue weighted by Crippen LogP contribution is -2.28. The van der Waals surface area contributed by atoms with Crippen molar-refractivity contribution >= 4 is 17.6 Å². The Bertz CT molecular complexity index is 923. The van der Waals surface area contributed by atoms with Gasteiger partial charge in [-0.25, -0.2) is 0 Å². The molecule has 9 nitrogen and oxygen atoms in total. The van der Waals surface area contributed by atoms with Crippen molar-refractivity contribution in [2.75, 3.05) is 11.9 Å². The first kappa shape index (κ1) is 17.5. The minimum atomic E-state index is -0.408. The van der Waals surface area contributed by atoms with E-state index in [9.17, 15) is 9.59 Å². The number of carbonyl (C=O) groups excluding carboxylic acids is 2. The van der Waals surface area contributed by atoms with E-state index in [-0.39, 0.29) is 17.4 Å². The topological polar surface area (TPSA) is 107 Å². The van der Waals surface area contributed by atoms with Crippen molar-refractivity contribution in [3.63, 3.8) is 0 Å². The van der Waals surface area contributed by atoms with Gasteiger partial charge < -0.3 is 15.1 Å². The highest BCUT2D eigenvalue weighted by Crippen LogP contribution is 2.11. The van der Waals surface area contributed by atoms with Crippen molar-refractivity contribution in [3.05, 3.63) is 53.4 Å². The van der Waals surface area contributed by atoms with Crippen LogP contribution in [0.4, 0.5) is 5.82 Å². The first-order valence-corrected chi connectivity index (χ1v) is 8.12. The zero-order chi connectivity index (χ0) is 18.7. The molecular formula is C17H20N6O3. The molecule has 0 aromatic carbocycles. The first-order valence-electron chi connectivity index (χ1n) is 8.12. The minimum absolute atomic E-state index is 0.182. The maximum Gasteiger partial charge on any atom is 0.292 e. The van der Waals surface area contributed by atoms with E-state index in [1.54, 1.807) is 19.2 Å². The molecule has 3 rings (SSSR count). The molecule has 0 bridgehead atoms. The lowest BCUT2D eigenvalue weighted by Gasteiger charge is -2.05. The quantitative estimate of drug-likeness (QED) is 0.696. The highest BCUT2D eigenvalue weighted by molar-refractivity contribution is 6.02. The van der Waals surface area contributed by atoms with Gasteiger partial charge in [-0.2, -0.15) is 10.2 Å². The summed E-state index contributed by atoms with van der Waals surface area (Å²) in [5, 5.41) is 13.9. The lowest BCUT2D eigenvalue weighted by molar-refractivity contribution is 0.0945. The molecule has 0 spiro atoms. The summed E-state index contributed by atoms with van der Waals surface area (Å²) in [4.78, 5) is 24.3. The summed E-state index contributed by atoms with van der Waals surface area (Å²) in [5.74, 6) is -0.146. The average Bonchev–Trinajstić information content (AvgIpc) is 3.30. The Hall–Kier alpha value is -3.36. The summed E-state index contributed by atoms with van der Waals surface area (Å²) in [5.41, 5.74) is 2.20.